The predicted octanol–water partition coefficient (Wildman–Crippen LogP) is 3.85. The van der Waals surface area contributed by atoms with Crippen molar-refractivity contribution >= 4 is 0 Å². The normalized spacial score (nSPS) is 23.3. The molecule has 0 heterocycles. The fourth-order valence-corrected chi connectivity index (χ4v) is 2.86. The Morgan fingerprint density at radius 2 is 2.05 bits per heavy atom. The van der Waals surface area contributed by atoms with E-state index >= 15 is 0 Å². The van der Waals surface area contributed by atoms with Gasteiger partial charge in [0, 0.05) is 12.6 Å². The lowest BCUT2D eigenvalue weighted by Crippen LogP contribution is -2.36. The van der Waals surface area contributed by atoms with Gasteiger partial charge in [0.25, 0.3) is 0 Å². The van der Waals surface area contributed by atoms with Gasteiger partial charge in [0.2, 0.25) is 0 Å². The van der Waals surface area contributed by atoms with E-state index in [1.54, 1.807) is 0 Å². The van der Waals surface area contributed by atoms with Crippen molar-refractivity contribution in [2.24, 2.45) is 5.92 Å². The Hall–Kier alpha value is -1.02. The largest absolute Gasteiger partial charge is 0.492 e. The van der Waals surface area contributed by atoms with Gasteiger partial charge in [-0.1, -0.05) is 25.8 Å². The van der Waals surface area contributed by atoms with E-state index in [-0.39, 0.29) is 0 Å². The van der Waals surface area contributed by atoms with Gasteiger partial charge in [-0.05, 0) is 55.9 Å². The van der Waals surface area contributed by atoms with Crippen molar-refractivity contribution in [1.29, 1.82) is 0 Å². The van der Waals surface area contributed by atoms with E-state index in [0.717, 1.165) is 24.8 Å². The number of nitrogens with one attached hydrogen (secondary N) is 1. The summed E-state index contributed by atoms with van der Waals surface area (Å²) in [6, 6.07) is 7.01. The Morgan fingerprint density at radius 3 is 2.79 bits per heavy atom. The summed E-state index contributed by atoms with van der Waals surface area (Å²) in [6.45, 7) is 8.33. The van der Waals surface area contributed by atoms with Crippen molar-refractivity contribution < 1.29 is 4.74 Å². The van der Waals surface area contributed by atoms with Crippen molar-refractivity contribution in [2.45, 2.75) is 52.5 Å². The van der Waals surface area contributed by atoms with E-state index in [2.05, 4.69) is 44.3 Å². The summed E-state index contributed by atoms with van der Waals surface area (Å²) in [5, 5.41) is 3.62. The molecule has 1 aromatic rings. The van der Waals surface area contributed by atoms with Crippen LogP contribution in [0.15, 0.2) is 18.2 Å². The molecule has 0 saturated heterocycles. The molecule has 1 N–H and O–H groups in total. The maximum atomic E-state index is 5.80. The zero-order chi connectivity index (χ0) is 13.7. The third-order valence-electron chi connectivity index (χ3n) is 4.22. The lowest BCUT2D eigenvalue weighted by Gasteiger charge is -2.27. The highest BCUT2D eigenvalue weighted by Gasteiger charge is 2.17. The van der Waals surface area contributed by atoms with E-state index < -0.39 is 0 Å². The molecule has 0 spiro atoms. The topological polar surface area (TPSA) is 21.3 Å². The average molecular weight is 261 g/mol. The maximum Gasteiger partial charge on any atom is 0.119 e. The second kappa shape index (κ2) is 6.95. The van der Waals surface area contributed by atoms with Gasteiger partial charge in [0.1, 0.15) is 12.4 Å². The van der Waals surface area contributed by atoms with Crippen LogP contribution in [0.4, 0.5) is 0 Å². The summed E-state index contributed by atoms with van der Waals surface area (Å²) >= 11 is 0. The van der Waals surface area contributed by atoms with Crippen LogP contribution in [-0.2, 0) is 0 Å². The molecule has 19 heavy (non-hydrogen) atoms. The molecule has 2 heteroatoms. The molecule has 1 saturated carbocycles. The first-order valence-corrected chi connectivity index (χ1v) is 7.58. The zero-order valence-electron chi connectivity index (χ0n) is 12.5. The van der Waals surface area contributed by atoms with Crippen LogP contribution in [-0.4, -0.2) is 19.2 Å². The van der Waals surface area contributed by atoms with Crippen LogP contribution < -0.4 is 10.1 Å². The minimum absolute atomic E-state index is 0.701. The Labute approximate surface area is 117 Å². The second-order valence-corrected chi connectivity index (χ2v) is 6.02. The molecule has 2 atom stereocenters. The van der Waals surface area contributed by atoms with Crippen molar-refractivity contribution in [1.82, 2.24) is 5.32 Å². The van der Waals surface area contributed by atoms with Crippen LogP contribution in [0.2, 0.25) is 0 Å². The number of aryl methyl sites for hydroxylation is 2. The number of benzene rings is 1. The molecule has 1 aliphatic rings. The Bertz CT molecular complexity index is 402. The van der Waals surface area contributed by atoms with Crippen molar-refractivity contribution in [3.05, 3.63) is 29.3 Å². The number of ether oxygens (including phenoxy) is 1. The zero-order valence-corrected chi connectivity index (χ0v) is 12.5. The van der Waals surface area contributed by atoms with E-state index in [0.29, 0.717) is 6.04 Å². The molecule has 106 valence electrons. The van der Waals surface area contributed by atoms with E-state index in [9.17, 15) is 0 Å². The summed E-state index contributed by atoms with van der Waals surface area (Å²) < 4.78 is 5.80. The highest BCUT2D eigenvalue weighted by Crippen LogP contribution is 2.23. The number of hydrogen-bond acceptors (Lipinski definition) is 2. The fraction of sp³-hybridized carbons (Fsp3) is 0.647. The standard InChI is InChI=1S/C17H27NO/c1-13-5-4-6-16(11-13)18-9-10-19-17-8-7-14(2)15(3)12-17/h7-8,12-13,16,18H,4-6,9-11H2,1-3H3. The van der Waals surface area contributed by atoms with Crippen LogP contribution in [0.25, 0.3) is 0 Å². The van der Waals surface area contributed by atoms with Crippen LogP contribution in [0, 0.1) is 19.8 Å². The molecule has 1 fully saturated rings. The third-order valence-corrected chi connectivity index (χ3v) is 4.22. The quantitative estimate of drug-likeness (QED) is 0.813. The molecule has 0 aliphatic heterocycles. The van der Waals surface area contributed by atoms with Gasteiger partial charge in [-0.15, -0.1) is 0 Å². The summed E-state index contributed by atoms with van der Waals surface area (Å²) in [5.74, 6) is 1.87. The van der Waals surface area contributed by atoms with Gasteiger partial charge >= 0.3 is 0 Å². The molecule has 0 radical (unpaired) electrons. The molecule has 2 unspecified atom stereocenters. The van der Waals surface area contributed by atoms with Gasteiger partial charge in [0.15, 0.2) is 0 Å². The van der Waals surface area contributed by atoms with Gasteiger partial charge < -0.3 is 10.1 Å². The van der Waals surface area contributed by atoms with Gasteiger partial charge in [-0.3, -0.25) is 0 Å². The highest BCUT2D eigenvalue weighted by atomic mass is 16.5. The second-order valence-electron chi connectivity index (χ2n) is 6.02. The van der Waals surface area contributed by atoms with E-state index in [4.69, 9.17) is 4.74 Å². The minimum Gasteiger partial charge on any atom is -0.492 e. The molecular weight excluding hydrogens is 234 g/mol. The van der Waals surface area contributed by atoms with Crippen LogP contribution in [0.3, 0.4) is 0 Å². The predicted molar refractivity (Wildman–Crippen MR) is 80.8 cm³/mol. The van der Waals surface area contributed by atoms with Crippen LogP contribution in [0.5, 0.6) is 5.75 Å². The highest BCUT2D eigenvalue weighted by molar-refractivity contribution is 5.33. The third kappa shape index (κ3) is 4.54. The molecular formula is C17H27NO. The molecule has 0 aromatic heterocycles. The van der Waals surface area contributed by atoms with Crippen LogP contribution >= 0.6 is 0 Å². The lowest BCUT2D eigenvalue weighted by molar-refractivity contribution is 0.266. The van der Waals surface area contributed by atoms with Gasteiger partial charge in [-0.25, -0.2) is 0 Å². The fourth-order valence-electron chi connectivity index (χ4n) is 2.86. The van der Waals surface area contributed by atoms with Crippen molar-refractivity contribution in [2.75, 3.05) is 13.2 Å². The molecule has 0 bridgehead atoms. The minimum atomic E-state index is 0.701. The first kappa shape index (κ1) is 14.4. The summed E-state index contributed by atoms with van der Waals surface area (Å²) in [4.78, 5) is 0. The Balaban J connectivity index is 1.67. The number of rotatable bonds is 5. The van der Waals surface area contributed by atoms with Gasteiger partial charge in [-0.2, -0.15) is 0 Å². The first-order chi connectivity index (χ1) is 9.15. The lowest BCUT2D eigenvalue weighted by atomic mass is 9.87. The molecule has 2 rings (SSSR count). The summed E-state index contributed by atoms with van der Waals surface area (Å²) in [7, 11) is 0. The first-order valence-electron chi connectivity index (χ1n) is 7.58. The molecule has 1 aliphatic carbocycles. The molecule has 1 aromatic carbocycles. The Kier molecular flexibility index (Phi) is 5.26. The summed E-state index contributed by atoms with van der Waals surface area (Å²) in [6.07, 6.45) is 5.42. The van der Waals surface area contributed by atoms with Gasteiger partial charge in [0.05, 0.1) is 0 Å². The van der Waals surface area contributed by atoms with E-state index in [1.807, 2.05) is 0 Å². The Morgan fingerprint density at radius 1 is 1.21 bits per heavy atom. The summed E-state index contributed by atoms with van der Waals surface area (Å²) in [5.41, 5.74) is 2.62. The van der Waals surface area contributed by atoms with Crippen molar-refractivity contribution in [3.8, 4) is 5.75 Å². The molecule has 0 amide bonds. The van der Waals surface area contributed by atoms with Crippen molar-refractivity contribution in [3.63, 3.8) is 0 Å². The SMILES string of the molecule is Cc1ccc(OCCNC2CCCC(C)C2)cc1C. The molecule has 2 nitrogen and oxygen atoms in total. The average Bonchev–Trinajstić information content (AvgIpc) is 2.39. The monoisotopic (exact) mass is 261 g/mol. The van der Waals surface area contributed by atoms with Crippen LogP contribution in [0.1, 0.15) is 43.7 Å². The smallest absolute Gasteiger partial charge is 0.119 e. The maximum absolute atomic E-state index is 5.80. The number of hydrogen-bond donors (Lipinski definition) is 1. The van der Waals surface area contributed by atoms with E-state index in [1.165, 1.54) is 36.8 Å².